The van der Waals surface area contributed by atoms with E-state index in [-0.39, 0.29) is 30.1 Å². The molecule has 0 spiro atoms. The highest BCUT2D eigenvalue weighted by Gasteiger charge is 2.18. The van der Waals surface area contributed by atoms with Gasteiger partial charge in [0.15, 0.2) is 5.16 Å². The quantitative estimate of drug-likeness (QED) is 0.822. The number of aliphatic hydroxyl groups excluding tert-OH is 1. The Morgan fingerprint density at radius 3 is 2.65 bits per heavy atom. The Bertz CT molecular complexity index is 672. The number of carbonyl (C=O) groups is 1. The normalized spacial score (nSPS) is 12.2. The van der Waals surface area contributed by atoms with E-state index in [0.29, 0.717) is 10.9 Å². The molecule has 1 heterocycles. The van der Waals surface area contributed by atoms with Crippen LogP contribution in [0.2, 0.25) is 0 Å². The Labute approximate surface area is 139 Å². The van der Waals surface area contributed by atoms with Crippen LogP contribution in [0.4, 0.5) is 4.39 Å². The second kappa shape index (κ2) is 7.61. The second-order valence-corrected chi connectivity index (χ2v) is 6.21. The zero-order chi connectivity index (χ0) is 17.0. The molecule has 23 heavy (non-hydrogen) atoms. The molecule has 1 unspecified atom stereocenters. The number of nitrogens with zero attached hydrogens (tertiary/aromatic N) is 3. The molecule has 1 aromatic carbocycles. The van der Waals surface area contributed by atoms with E-state index >= 15 is 0 Å². The minimum absolute atomic E-state index is 0.0413. The Morgan fingerprint density at radius 1 is 1.43 bits per heavy atom. The number of aliphatic hydroxyl groups is 1. The number of amides is 1. The molecule has 1 aromatic heterocycles. The first-order valence-electron chi connectivity index (χ1n) is 7.19. The summed E-state index contributed by atoms with van der Waals surface area (Å²) in [6.07, 6.45) is 1.59. The Morgan fingerprint density at radius 2 is 2.09 bits per heavy atom. The summed E-state index contributed by atoms with van der Waals surface area (Å²) in [5, 5.41) is 9.83. The van der Waals surface area contributed by atoms with E-state index < -0.39 is 0 Å². The molecule has 124 valence electrons. The summed E-state index contributed by atoms with van der Waals surface area (Å²) in [6.45, 7) is 1.82. The molecule has 1 amide bonds. The van der Waals surface area contributed by atoms with Crippen LogP contribution in [0.5, 0.6) is 0 Å². The van der Waals surface area contributed by atoms with Crippen molar-refractivity contribution < 1.29 is 14.3 Å². The van der Waals surface area contributed by atoms with E-state index in [1.165, 1.54) is 23.9 Å². The minimum Gasteiger partial charge on any atom is -0.390 e. The maximum atomic E-state index is 13.0. The fourth-order valence-corrected chi connectivity index (χ4v) is 3.01. The lowest BCUT2D eigenvalue weighted by Crippen LogP contribution is -2.31. The van der Waals surface area contributed by atoms with Crippen molar-refractivity contribution in [2.45, 2.75) is 24.7 Å². The van der Waals surface area contributed by atoms with E-state index in [1.54, 1.807) is 41.9 Å². The third kappa shape index (κ3) is 4.11. The predicted octanol–water partition coefficient (Wildman–Crippen LogP) is 2.36. The first kappa shape index (κ1) is 17.5. The van der Waals surface area contributed by atoms with Crippen molar-refractivity contribution in [1.82, 2.24) is 14.5 Å². The summed E-state index contributed by atoms with van der Waals surface area (Å²) in [5.74, 6) is -0.0853. The summed E-state index contributed by atoms with van der Waals surface area (Å²) < 4.78 is 14.7. The zero-order valence-electron chi connectivity index (χ0n) is 13.4. The number of aromatic nitrogens is 2. The molecule has 0 radical (unpaired) electrons. The molecule has 0 bridgehead atoms. The topological polar surface area (TPSA) is 58.4 Å². The van der Waals surface area contributed by atoms with E-state index in [2.05, 4.69) is 4.98 Å². The van der Waals surface area contributed by atoms with Gasteiger partial charge in [-0.05, 0) is 24.6 Å². The van der Waals surface area contributed by atoms with Crippen molar-refractivity contribution in [1.29, 1.82) is 0 Å². The van der Waals surface area contributed by atoms with E-state index in [1.807, 2.05) is 6.92 Å². The fourth-order valence-electron chi connectivity index (χ4n) is 2.12. The third-order valence-corrected chi connectivity index (χ3v) is 4.88. The number of thioether (sulfide) groups is 1. The SMILES string of the molecule is CC(c1ccc(F)cc1)N(C)C(=O)CSc1ncc(CO)n1C. The number of benzene rings is 1. The van der Waals surface area contributed by atoms with Gasteiger partial charge in [0.25, 0.3) is 0 Å². The maximum Gasteiger partial charge on any atom is 0.233 e. The van der Waals surface area contributed by atoms with Crippen molar-refractivity contribution in [3.63, 3.8) is 0 Å². The van der Waals surface area contributed by atoms with Crippen molar-refractivity contribution in [2.24, 2.45) is 7.05 Å². The van der Waals surface area contributed by atoms with Crippen LogP contribution < -0.4 is 0 Å². The molecule has 2 rings (SSSR count). The molecule has 1 atom stereocenters. The molecule has 5 nitrogen and oxygen atoms in total. The van der Waals surface area contributed by atoms with Gasteiger partial charge >= 0.3 is 0 Å². The number of carbonyl (C=O) groups excluding carboxylic acids is 1. The Kier molecular flexibility index (Phi) is 5.79. The van der Waals surface area contributed by atoms with Gasteiger partial charge in [0.05, 0.1) is 30.3 Å². The lowest BCUT2D eigenvalue weighted by molar-refractivity contribution is -0.128. The minimum atomic E-state index is -0.292. The summed E-state index contributed by atoms with van der Waals surface area (Å²) in [6, 6.07) is 6.01. The Balaban J connectivity index is 1.96. The summed E-state index contributed by atoms with van der Waals surface area (Å²) in [7, 11) is 3.53. The molecule has 0 aliphatic rings. The summed E-state index contributed by atoms with van der Waals surface area (Å²) >= 11 is 1.32. The first-order valence-corrected chi connectivity index (χ1v) is 8.18. The molecule has 0 aliphatic carbocycles. The third-order valence-electron chi connectivity index (χ3n) is 3.86. The van der Waals surface area contributed by atoms with Crippen LogP contribution in [0.15, 0.2) is 35.6 Å². The first-order chi connectivity index (χ1) is 10.9. The van der Waals surface area contributed by atoms with E-state index in [4.69, 9.17) is 5.11 Å². The average molecular weight is 337 g/mol. The van der Waals surface area contributed by atoms with Crippen LogP contribution in [0.3, 0.4) is 0 Å². The van der Waals surface area contributed by atoms with Gasteiger partial charge in [-0.25, -0.2) is 9.37 Å². The van der Waals surface area contributed by atoms with Crippen LogP contribution in [-0.2, 0) is 18.4 Å². The van der Waals surface area contributed by atoms with Gasteiger partial charge in [0, 0.05) is 14.1 Å². The van der Waals surface area contributed by atoms with Crippen molar-refractivity contribution in [3.8, 4) is 0 Å². The van der Waals surface area contributed by atoms with Gasteiger partial charge in [-0.1, -0.05) is 23.9 Å². The highest BCUT2D eigenvalue weighted by atomic mass is 32.2. The molecule has 2 aromatic rings. The molecular formula is C16H20FN3O2S. The van der Waals surface area contributed by atoms with Crippen LogP contribution >= 0.6 is 11.8 Å². The van der Waals surface area contributed by atoms with Gasteiger partial charge < -0.3 is 14.6 Å². The molecule has 7 heteroatoms. The van der Waals surface area contributed by atoms with Crippen molar-refractivity contribution in [3.05, 3.63) is 47.5 Å². The number of hydrogen-bond donors (Lipinski definition) is 1. The summed E-state index contributed by atoms with van der Waals surface area (Å²) in [5.41, 5.74) is 1.58. The molecule has 0 aliphatic heterocycles. The van der Waals surface area contributed by atoms with E-state index in [0.717, 1.165) is 5.56 Å². The maximum absolute atomic E-state index is 13.0. The fraction of sp³-hybridized carbons (Fsp3) is 0.375. The second-order valence-electron chi connectivity index (χ2n) is 5.27. The highest BCUT2D eigenvalue weighted by Crippen LogP contribution is 2.22. The highest BCUT2D eigenvalue weighted by molar-refractivity contribution is 7.99. The Hall–Kier alpha value is -1.86. The van der Waals surface area contributed by atoms with Gasteiger partial charge in [0.2, 0.25) is 5.91 Å². The van der Waals surface area contributed by atoms with Gasteiger partial charge in [-0.15, -0.1) is 0 Å². The molecular weight excluding hydrogens is 317 g/mol. The number of imidazole rings is 1. The summed E-state index contributed by atoms with van der Waals surface area (Å²) in [4.78, 5) is 18.1. The van der Waals surface area contributed by atoms with Gasteiger partial charge in [0.1, 0.15) is 5.82 Å². The van der Waals surface area contributed by atoms with Gasteiger partial charge in [-0.2, -0.15) is 0 Å². The molecule has 0 saturated carbocycles. The van der Waals surface area contributed by atoms with Crippen molar-refractivity contribution >= 4 is 17.7 Å². The van der Waals surface area contributed by atoms with Crippen LogP contribution in [0.25, 0.3) is 0 Å². The number of halogens is 1. The molecule has 0 fully saturated rings. The number of rotatable bonds is 6. The monoisotopic (exact) mass is 337 g/mol. The smallest absolute Gasteiger partial charge is 0.233 e. The van der Waals surface area contributed by atoms with Gasteiger partial charge in [-0.3, -0.25) is 4.79 Å². The molecule has 1 N–H and O–H groups in total. The van der Waals surface area contributed by atoms with Crippen LogP contribution in [0.1, 0.15) is 24.2 Å². The van der Waals surface area contributed by atoms with Crippen LogP contribution in [-0.4, -0.2) is 38.3 Å². The van der Waals surface area contributed by atoms with Crippen LogP contribution in [0, 0.1) is 5.82 Å². The number of hydrogen-bond acceptors (Lipinski definition) is 4. The van der Waals surface area contributed by atoms with E-state index in [9.17, 15) is 9.18 Å². The van der Waals surface area contributed by atoms with Crippen molar-refractivity contribution in [2.75, 3.05) is 12.8 Å². The standard InChI is InChI=1S/C16H20FN3O2S/c1-11(12-4-6-13(17)7-5-12)19(2)15(22)10-23-16-18-8-14(9-21)20(16)3/h4-8,11,21H,9-10H2,1-3H3. The molecule has 0 saturated heterocycles. The largest absolute Gasteiger partial charge is 0.390 e. The zero-order valence-corrected chi connectivity index (χ0v) is 14.2. The predicted molar refractivity (Wildman–Crippen MR) is 87.4 cm³/mol. The average Bonchev–Trinajstić information content (AvgIpc) is 2.92. The lowest BCUT2D eigenvalue weighted by atomic mass is 10.1. The lowest BCUT2D eigenvalue weighted by Gasteiger charge is -2.25.